The maximum Gasteiger partial charge on any atom is 0.0333 e. The third kappa shape index (κ3) is 3.80. The molecule has 1 aromatic rings. The third-order valence-electron chi connectivity index (χ3n) is 4.29. The minimum absolute atomic E-state index is 0.605. The predicted octanol–water partition coefficient (Wildman–Crippen LogP) is 3.84. The summed E-state index contributed by atoms with van der Waals surface area (Å²) in [6, 6.07) is 3.63. The van der Waals surface area contributed by atoms with Crippen molar-refractivity contribution in [1.82, 2.24) is 10.2 Å². The standard InChI is InChI=1S/C16H28N2S/c1-4-9-17-10-5-6-13(2)18-11-7-16-15(14(18)3)8-12-19-16/h8,12-14,17H,4-7,9-11H2,1-3H3. The number of rotatable bonds is 7. The normalized spacial score (nSPS) is 21.3. The molecule has 1 aliphatic rings. The molecule has 108 valence electrons. The summed E-state index contributed by atoms with van der Waals surface area (Å²) in [6.45, 7) is 10.6. The Morgan fingerprint density at radius 3 is 3.11 bits per heavy atom. The molecule has 2 heterocycles. The minimum Gasteiger partial charge on any atom is -0.317 e. The summed E-state index contributed by atoms with van der Waals surface area (Å²) in [5, 5.41) is 5.75. The van der Waals surface area contributed by atoms with Gasteiger partial charge in [0.15, 0.2) is 0 Å². The second-order valence-corrected chi connectivity index (χ2v) is 6.70. The summed E-state index contributed by atoms with van der Waals surface area (Å²) in [5.41, 5.74) is 1.58. The molecule has 0 bridgehead atoms. The Labute approximate surface area is 122 Å². The quantitative estimate of drug-likeness (QED) is 0.764. The fourth-order valence-electron chi connectivity index (χ4n) is 3.12. The molecule has 0 fully saturated rings. The van der Waals surface area contributed by atoms with Crippen LogP contribution in [-0.2, 0) is 6.42 Å². The molecule has 2 atom stereocenters. The molecule has 1 N–H and O–H groups in total. The van der Waals surface area contributed by atoms with Crippen molar-refractivity contribution in [1.29, 1.82) is 0 Å². The summed E-state index contributed by atoms with van der Waals surface area (Å²) in [4.78, 5) is 4.30. The second-order valence-electron chi connectivity index (χ2n) is 5.70. The summed E-state index contributed by atoms with van der Waals surface area (Å²) in [7, 11) is 0. The first-order valence-corrected chi connectivity index (χ1v) is 8.64. The second kappa shape index (κ2) is 7.41. The summed E-state index contributed by atoms with van der Waals surface area (Å²) in [5.74, 6) is 0. The van der Waals surface area contributed by atoms with E-state index >= 15 is 0 Å². The number of nitrogens with one attached hydrogen (secondary N) is 1. The van der Waals surface area contributed by atoms with Crippen LogP contribution in [0.25, 0.3) is 0 Å². The number of fused-ring (bicyclic) bond motifs is 1. The van der Waals surface area contributed by atoms with E-state index in [9.17, 15) is 0 Å². The van der Waals surface area contributed by atoms with E-state index in [0.717, 1.165) is 6.54 Å². The molecule has 0 aliphatic carbocycles. The Hall–Kier alpha value is -0.380. The molecule has 0 spiro atoms. The van der Waals surface area contributed by atoms with Crippen LogP contribution in [0.4, 0.5) is 0 Å². The SMILES string of the molecule is CCCNCCCC(C)N1CCc2sccc2C1C. The van der Waals surface area contributed by atoms with Gasteiger partial charge in [-0.2, -0.15) is 0 Å². The van der Waals surface area contributed by atoms with Gasteiger partial charge < -0.3 is 5.32 Å². The van der Waals surface area contributed by atoms with E-state index in [1.807, 2.05) is 11.3 Å². The van der Waals surface area contributed by atoms with Crippen molar-refractivity contribution in [3.63, 3.8) is 0 Å². The van der Waals surface area contributed by atoms with Gasteiger partial charge in [0.25, 0.3) is 0 Å². The molecule has 1 aromatic heterocycles. The van der Waals surface area contributed by atoms with Gasteiger partial charge in [-0.3, -0.25) is 4.90 Å². The van der Waals surface area contributed by atoms with E-state index in [4.69, 9.17) is 0 Å². The van der Waals surface area contributed by atoms with Gasteiger partial charge in [-0.05, 0) is 69.6 Å². The van der Waals surface area contributed by atoms with Crippen molar-refractivity contribution in [2.75, 3.05) is 19.6 Å². The number of nitrogens with zero attached hydrogens (tertiary/aromatic N) is 1. The Morgan fingerprint density at radius 1 is 1.47 bits per heavy atom. The first-order valence-electron chi connectivity index (χ1n) is 7.76. The lowest BCUT2D eigenvalue weighted by molar-refractivity contribution is 0.137. The first-order chi connectivity index (χ1) is 9.24. The molecule has 19 heavy (non-hydrogen) atoms. The monoisotopic (exact) mass is 280 g/mol. The molecule has 0 saturated carbocycles. The molecule has 0 radical (unpaired) electrons. The Bertz CT molecular complexity index is 375. The molecule has 3 heteroatoms. The number of hydrogen-bond acceptors (Lipinski definition) is 3. The Morgan fingerprint density at radius 2 is 2.32 bits per heavy atom. The molecule has 2 nitrogen and oxygen atoms in total. The summed E-state index contributed by atoms with van der Waals surface area (Å²) in [6.07, 6.45) is 5.08. The van der Waals surface area contributed by atoms with Crippen molar-refractivity contribution < 1.29 is 0 Å². The van der Waals surface area contributed by atoms with Gasteiger partial charge in [0.05, 0.1) is 0 Å². The zero-order valence-electron chi connectivity index (χ0n) is 12.6. The fourth-order valence-corrected chi connectivity index (χ4v) is 4.08. The Balaban J connectivity index is 1.79. The van der Waals surface area contributed by atoms with Crippen LogP contribution in [0.1, 0.15) is 56.5 Å². The minimum atomic E-state index is 0.605. The van der Waals surface area contributed by atoms with Gasteiger partial charge in [-0.15, -0.1) is 11.3 Å². The lowest BCUT2D eigenvalue weighted by atomic mass is 9.98. The van der Waals surface area contributed by atoms with Crippen molar-refractivity contribution in [3.05, 3.63) is 21.9 Å². The van der Waals surface area contributed by atoms with Crippen LogP contribution in [0, 0.1) is 0 Å². The lowest BCUT2D eigenvalue weighted by Crippen LogP contribution is -2.40. The van der Waals surface area contributed by atoms with Crippen LogP contribution in [0.15, 0.2) is 11.4 Å². The molecule has 0 saturated heterocycles. The van der Waals surface area contributed by atoms with Gasteiger partial charge in [0.1, 0.15) is 0 Å². The van der Waals surface area contributed by atoms with Crippen molar-refractivity contribution in [3.8, 4) is 0 Å². The van der Waals surface area contributed by atoms with Gasteiger partial charge >= 0.3 is 0 Å². The lowest BCUT2D eigenvalue weighted by Gasteiger charge is -2.38. The average molecular weight is 280 g/mol. The van der Waals surface area contributed by atoms with E-state index in [0.29, 0.717) is 12.1 Å². The fraction of sp³-hybridized carbons (Fsp3) is 0.750. The third-order valence-corrected chi connectivity index (χ3v) is 5.29. The van der Waals surface area contributed by atoms with Crippen LogP contribution in [0.2, 0.25) is 0 Å². The van der Waals surface area contributed by atoms with E-state index in [1.165, 1.54) is 38.8 Å². The summed E-state index contributed by atoms with van der Waals surface area (Å²) >= 11 is 1.93. The van der Waals surface area contributed by atoms with Gasteiger partial charge in [0, 0.05) is 23.5 Å². The van der Waals surface area contributed by atoms with Gasteiger partial charge in [0.2, 0.25) is 0 Å². The zero-order chi connectivity index (χ0) is 13.7. The molecule has 1 aliphatic heterocycles. The molecule has 0 aromatic carbocycles. The highest BCUT2D eigenvalue weighted by Crippen LogP contribution is 2.34. The van der Waals surface area contributed by atoms with Crippen molar-refractivity contribution in [2.24, 2.45) is 0 Å². The van der Waals surface area contributed by atoms with Crippen LogP contribution >= 0.6 is 11.3 Å². The zero-order valence-corrected chi connectivity index (χ0v) is 13.4. The number of thiophene rings is 1. The molecular formula is C16H28N2S. The predicted molar refractivity (Wildman–Crippen MR) is 85.0 cm³/mol. The van der Waals surface area contributed by atoms with Gasteiger partial charge in [-0.1, -0.05) is 6.92 Å². The number of hydrogen-bond donors (Lipinski definition) is 1. The van der Waals surface area contributed by atoms with Crippen LogP contribution in [0.3, 0.4) is 0 Å². The van der Waals surface area contributed by atoms with E-state index in [-0.39, 0.29) is 0 Å². The molecule has 2 unspecified atom stereocenters. The smallest absolute Gasteiger partial charge is 0.0333 e. The van der Waals surface area contributed by atoms with E-state index < -0.39 is 0 Å². The van der Waals surface area contributed by atoms with Crippen molar-refractivity contribution in [2.45, 2.75) is 58.5 Å². The Kier molecular flexibility index (Phi) is 5.86. The van der Waals surface area contributed by atoms with Crippen LogP contribution < -0.4 is 5.32 Å². The highest BCUT2D eigenvalue weighted by atomic mass is 32.1. The van der Waals surface area contributed by atoms with Crippen molar-refractivity contribution >= 4 is 11.3 Å². The highest BCUT2D eigenvalue weighted by Gasteiger charge is 2.27. The maximum absolute atomic E-state index is 3.50. The topological polar surface area (TPSA) is 15.3 Å². The molecule has 2 rings (SSSR count). The largest absolute Gasteiger partial charge is 0.317 e. The summed E-state index contributed by atoms with van der Waals surface area (Å²) < 4.78 is 0. The van der Waals surface area contributed by atoms with Crippen LogP contribution in [0.5, 0.6) is 0 Å². The molecular weight excluding hydrogens is 252 g/mol. The van der Waals surface area contributed by atoms with Crippen LogP contribution in [-0.4, -0.2) is 30.6 Å². The molecule has 0 amide bonds. The highest BCUT2D eigenvalue weighted by molar-refractivity contribution is 7.10. The van der Waals surface area contributed by atoms with Gasteiger partial charge in [-0.25, -0.2) is 0 Å². The van der Waals surface area contributed by atoms with E-state index in [1.54, 1.807) is 10.4 Å². The maximum atomic E-state index is 3.50. The average Bonchev–Trinajstić information content (AvgIpc) is 2.88. The first kappa shape index (κ1) is 15.0. The van der Waals surface area contributed by atoms with E-state index in [2.05, 4.69) is 42.4 Å².